The van der Waals surface area contributed by atoms with Crippen molar-refractivity contribution in [3.63, 3.8) is 0 Å². The predicted octanol–water partition coefficient (Wildman–Crippen LogP) is 2.99. The zero-order valence-electron chi connectivity index (χ0n) is 14.0. The lowest BCUT2D eigenvalue weighted by molar-refractivity contribution is 0.198. The Balaban J connectivity index is 2.04. The third-order valence-corrected chi connectivity index (χ3v) is 4.94. The van der Waals surface area contributed by atoms with Crippen LogP contribution in [-0.4, -0.2) is 40.8 Å². The topological polar surface area (TPSA) is 89.6 Å². The van der Waals surface area contributed by atoms with Crippen molar-refractivity contribution in [3.05, 3.63) is 41.6 Å². The number of anilines is 2. The first kappa shape index (κ1) is 19.3. The molecular formula is C16H20ClN3O4S. The Morgan fingerprint density at radius 2 is 2.00 bits per heavy atom. The van der Waals surface area contributed by atoms with Gasteiger partial charge in [0.25, 0.3) is 10.0 Å². The zero-order valence-corrected chi connectivity index (χ0v) is 15.5. The summed E-state index contributed by atoms with van der Waals surface area (Å²) in [6.07, 6.45) is 2.43. The lowest BCUT2D eigenvalue weighted by atomic mass is 10.3. The fourth-order valence-electron chi connectivity index (χ4n) is 2.02. The number of methoxy groups -OCH3 is 2. The summed E-state index contributed by atoms with van der Waals surface area (Å²) in [6, 6.07) is 7.57. The Bertz CT molecular complexity index is 798. The highest BCUT2D eigenvalue weighted by Gasteiger charge is 2.16. The van der Waals surface area contributed by atoms with E-state index in [9.17, 15) is 8.42 Å². The molecule has 136 valence electrons. The number of benzene rings is 1. The van der Waals surface area contributed by atoms with E-state index in [1.165, 1.54) is 25.3 Å². The number of nitrogens with zero attached hydrogens (tertiary/aromatic N) is 1. The summed E-state index contributed by atoms with van der Waals surface area (Å²) >= 11 is 5.98. The summed E-state index contributed by atoms with van der Waals surface area (Å²) in [5.41, 5.74) is 0.798. The largest absolute Gasteiger partial charge is 0.495 e. The molecule has 2 N–H and O–H groups in total. The molecular weight excluding hydrogens is 366 g/mol. The minimum atomic E-state index is -3.79. The van der Waals surface area contributed by atoms with E-state index in [4.69, 9.17) is 21.1 Å². The second kappa shape index (κ2) is 8.89. The van der Waals surface area contributed by atoms with Crippen molar-refractivity contribution in [1.29, 1.82) is 0 Å². The van der Waals surface area contributed by atoms with E-state index < -0.39 is 10.0 Å². The van der Waals surface area contributed by atoms with Crippen molar-refractivity contribution in [2.75, 3.05) is 37.4 Å². The Hall–Kier alpha value is -2.03. The highest BCUT2D eigenvalue weighted by atomic mass is 35.5. The van der Waals surface area contributed by atoms with Gasteiger partial charge >= 0.3 is 0 Å². The van der Waals surface area contributed by atoms with Crippen LogP contribution < -0.4 is 14.8 Å². The Kier molecular flexibility index (Phi) is 6.86. The smallest absolute Gasteiger partial charge is 0.263 e. The molecule has 1 aromatic carbocycles. The van der Waals surface area contributed by atoms with E-state index in [1.807, 2.05) is 0 Å². The van der Waals surface area contributed by atoms with E-state index >= 15 is 0 Å². The fraction of sp³-hybridized carbons (Fsp3) is 0.312. The predicted molar refractivity (Wildman–Crippen MR) is 98.0 cm³/mol. The van der Waals surface area contributed by atoms with Crippen molar-refractivity contribution < 1.29 is 17.9 Å². The second-order valence-corrected chi connectivity index (χ2v) is 7.20. The molecule has 0 radical (unpaired) electrons. The SMILES string of the molecule is COCCCNc1ccc(NS(=O)(=O)c2ccc(OC)c(Cl)c2)nc1. The van der Waals surface area contributed by atoms with Crippen LogP contribution in [-0.2, 0) is 14.8 Å². The first-order valence-corrected chi connectivity index (χ1v) is 9.37. The van der Waals surface area contributed by atoms with Gasteiger partial charge in [0.05, 0.1) is 28.9 Å². The van der Waals surface area contributed by atoms with Gasteiger partial charge in [0.1, 0.15) is 11.6 Å². The molecule has 0 saturated carbocycles. The number of nitrogens with one attached hydrogen (secondary N) is 2. The molecule has 1 aromatic heterocycles. The normalized spacial score (nSPS) is 11.2. The zero-order chi connectivity index (χ0) is 18.3. The molecule has 2 aromatic rings. The highest BCUT2D eigenvalue weighted by molar-refractivity contribution is 7.92. The molecule has 0 aliphatic heterocycles. The minimum absolute atomic E-state index is 0.0295. The van der Waals surface area contributed by atoms with Crippen LogP contribution >= 0.6 is 11.6 Å². The quantitative estimate of drug-likeness (QED) is 0.645. The molecule has 0 aliphatic rings. The van der Waals surface area contributed by atoms with Crippen molar-refractivity contribution >= 4 is 33.1 Å². The Morgan fingerprint density at radius 3 is 2.60 bits per heavy atom. The van der Waals surface area contributed by atoms with Gasteiger partial charge in [0.15, 0.2) is 0 Å². The van der Waals surface area contributed by atoms with Crippen LogP contribution in [0.4, 0.5) is 11.5 Å². The number of ether oxygens (including phenoxy) is 2. The average molecular weight is 386 g/mol. The van der Waals surface area contributed by atoms with E-state index in [2.05, 4.69) is 15.0 Å². The van der Waals surface area contributed by atoms with E-state index in [1.54, 1.807) is 25.4 Å². The van der Waals surface area contributed by atoms with E-state index in [0.717, 1.165) is 18.7 Å². The number of sulfonamides is 1. The minimum Gasteiger partial charge on any atom is -0.495 e. The summed E-state index contributed by atoms with van der Waals surface area (Å²) < 4.78 is 37.2. The van der Waals surface area contributed by atoms with Crippen molar-refractivity contribution in [3.8, 4) is 5.75 Å². The summed E-state index contributed by atoms with van der Waals surface area (Å²) in [6.45, 7) is 1.41. The summed E-state index contributed by atoms with van der Waals surface area (Å²) in [4.78, 5) is 4.13. The van der Waals surface area contributed by atoms with Crippen LogP contribution in [0.15, 0.2) is 41.4 Å². The number of rotatable bonds is 9. The van der Waals surface area contributed by atoms with Gasteiger partial charge in [0, 0.05) is 20.3 Å². The molecule has 0 unspecified atom stereocenters. The van der Waals surface area contributed by atoms with Crippen molar-refractivity contribution in [2.45, 2.75) is 11.3 Å². The second-order valence-electron chi connectivity index (χ2n) is 5.11. The van der Waals surface area contributed by atoms with Gasteiger partial charge < -0.3 is 14.8 Å². The number of halogens is 1. The van der Waals surface area contributed by atoms with Crippen LogP contribution in [0.3, 0.4) is 0 Å². The van der Waals surface area contributed by atoms with Gasteiger partial charge in [-0.25, -0.2) is 13.4 Å². The van der Waals surface area contributed by atoms with Crippen LogP contribution in [0.2, 0.25) is 5.02 Å². The van der Waals surface area contributed by atoms with Crippen molar-refractivity contribution in [1.82, 2.24) is 4.98 Å². The summed E-state index contributed by atoms with van der Waals surface area (Å²) in [5, 5.41) is 3.39. The third-order valence-electron chi connectivity index (χ3n) is 3.29. The standard InChI is InChI=1S/C16H20ClN3O4S/c1-23-9-3-8-18-12-4-7-16(19-11-12)20-25(21,22)13-5-6-15(24-2)14(17)10-13/h4-7,10-11,18H,3,8-9H2,1-2H3,(H,19,20). The van der Waals surface area contributed by atoms with Gasteiger partial charge in [-0.3, -0.25) is 4.72 Å². The van der Waals surface area contributed by atoms with Gasteiger partial charge in [-0.2, -0.15) is 0 Å². The fourth-order valence-corrected chi connectivity index (χ4v) is 3.38. The maximum atomic E-state index is 12.4. The van der Waals surface area contributed by atoms with Crippen molar-refractivity contribution in [2.24, 2.45) is 0 Å². The first-order chi connectivity index (χ1) is 12.0. The third kappa shape index (κ3) is 5.48. The Labute approximate surface area is 152 Å². The molecule has 0 fully saturated rings. The van der Waals surface area contributed by atoms with Crippen LogP contribution in [0.5, 0.6) is 5.75 Å². The Morgan fingerprint density at radius 1 is 1.20 bits per heavy atom. The van der Waals surface area contributed by atoms with Crippen LogP contribution in [0.25, 0.3) is 0 Å². The highest BCUT2D eigenvalue weighted by Crippen LogP contribution is 2.27. The molecule has 2 rings (SSSR count). The summed E-state index contributed by atoms with van der Waals surface area (Å²) in [7, 11) is -0.675. The molecule has 9 heteroatoms. The molecule has 0 saturated heterocycles. The van der Waals surface area contributed by atoms with Gasteiger partial charge in [0.2, 0.25) is 0 Å². The molecule has 1 heterocycles. The monoisotopic (exact) mass is 385 g/mol. The lowest BCUT2D eigenvalue weighted by Crippen LogP contribution is -2.14. The average Bonchev–Trinajstić information content (AvgIpc) is 2.60. The molecule has 0 bridgehead atoms. The lowest BCUT2D eigenvalue weighted by Gasteiger charge is -2.10. The number of hydrogen-bond donors (Lipinski definition) is 2. The van der Waals surface area contributed by atoms with E-state index in [0.29, 0.717) is 12.4 Å². The first-order valence-electron chi connectivity index (χ1n) is 7.51. The molecule has 25 heavy (non-hydrogen) atoms. The maximum Gasteiger partial charge on any atom is 0.263 e. The summed E-state index contributed by atoms with van der Waals surface area (Å²) in [5.74, 6) is 0.622. The molecule has 0 aliphatic carbocycles. The van der Waals surface area contributed by atoms with Gasteiger partial charge in [-0.05, 0) is 36.8 Å². The van der Waals surface area contributed by atoms with Gasteiger partial charge in [-0.15, -0.1) is 0 Å². The molecule has 0 amide bonds. The van der Waals surface area contributed by atoms with E-state index in [-0.39, 0.29) is 15.7 Å². The maximum absolute atomic E-state index is 12.4. The number of pyridine rings is 1. The number of aromatic nitrogens is 1. The van der Waals surface area contributed by atoms with Crippen LogP contribution in [0, 0.1) is 0 Å². The van der Waals surface area contributed by atoms with Crippen LogP contribution in [0.1, 0.15) is 6.42 Å². The number of hydrogen-bond acceptors (Lipinski definition) is 6. The molecule has 0 atom stereocenters. The van der Waals surface area contributed by atoms with Gasteiger partial charge in [-0.1, -0.05) is 11.6 Å². The molecule has 0 spiro atoms. The molecule has 7 nitrogen and oxygen atoms in total.